The van der Waals surface area contributed by atoms with Gasteiger partial charge in [-0.15, -0.1) is 0 Å². The fourth-order valence-corrected chi connectivity index (χ4v) is 3.49. The van der Waals surface area contributed by atoms with E-state index in [1.807, 2.05) is 36.4 Å². The number of carbonyl (C=O) groups is 1. The lowest BCUT2D eigenvalue weighted by atomic mass is 10.2. The van der Waals surface area contributed by atoms with E-state index in [1.54, 1.807) is 6.08 Å². The first-order valence-electron chi connectivity index (χ1n) is 7.57. The van der Waals surface area contributed by atoms with Crippen molar-refractivity contribution in [2.24, 2.45) is 0 Å². The lowest BCUT2D eigenvalue weighted by molar-refractivity contribution is -0.0258. The minimum Gasteiger partial charge on any atom is -0.458 e. The number of hydrogen-bond acceptors (Lipinski definition) is 5. The Kier molecular flexibility index (Phi) is 6.93. The largest absolute Gasteiger partial charge is 0.458 e. The van der Waals surface area contributed by atoms with Crippen molar-refractivity contribution < 1.29 is 22.8 Å². The first kappa shape index (κ1) is 20.1. The molecule has 0 saturated carbocycles. The Labute approximate surface area is 157 Å². The number of esters is 1. The highest BCUT2D eigenvalue weighted by Crippen LogP contribution is 2.25. The lowest BCUT2D eigenvalue weighted by Gasteiger charge is -2.15. The summed E-state index contributed by atoms with van der Waals surface area (Å²) in [6, 6.07) is 13.4. The highest BCUT2D eigenvalue weighted by Gasteiger charge is 2.25. The summed E-state index contributed by atoms with van der Waals surface area (Å²) in [5, 5.41) is -0.0191. The molecule has 0 heterocycles. The van der Waals surface area contributed by atoms with Crippen LogP contribution in [0.5, 0.6) is 0 Å². The predicted octanol–water partition coefficient (Wildman–Crippen LogP) is 3.39. The molecule has 0 fully saturated rings. The molecule has 0 N–H and O–H groups in total. The van der Waals surface area contributed by atoms with Crippen LogP contribution in [0.1, 0.15) is 15.9 Å². The number of carbonyl (C=O) groups excluding carboxylic acids is 1. The van der Waals surface area contributed by atoms with Gasteiger partial charge in [-0.25, -0.2) is 13.2 Å². The number of hydrogen-bond donors (Lipinski definition) is 0. The van der Waals surface area contributed by atoms with Gasteiger partial charge in [-0.3, -0.25) is 4.84 Å². The van der Waals surface area contributed by atoms with Crippen LogP contribution in [0.4, 0.5) is 0 Å². The molecule has 26 heavy (non-hydrogen) atoms. The highest BCUT2D eigenvalue weighted by molar-refractivity contribution is 7.89. The number of rotatable bonds is 7. The first-order chi connectivity index (χ1) is 12.4. The smallest absolute Gasteiger partial charge is 0.338 e. The molecule has 8 heteroatoms. The van der Waals surface area contributed by atoms with Crippen LogP contribution in [0.25, 0.3) is 6.08 Å². The molecule has 138 valence electrons. The molecule has 0 aliphatic rings. The lowest BCUT2D eigenvalue weighted by Crippen LogP contribution is -2.26. The molecule has 0 aliphatic carbocycles. The molecule has 0 unspecified atom stereocenters. The van der Waals surface area contributed by atoms with E-state index in [-0.39, 0.29) is 22.1 Å². The molecular weight excluding hydrogens is 378 g/mol. The van der Waals surface area contributed by atoms with Crippen molar-refractivity contribution in [2.75, 3.05) is 20.8 Å². The van der Waals surface area contributed by atoms with Crippen LogP contribution < -0.4 is 0 Å². The Balaban J connectivity index is 2.10. The quantitative estimate of drug-likeness (QED) is 0.530. The molecule has 2 aromatic carbocycles. The first-order valence-corrected chi connectivity index (χ1v) is 9.39. The van der Waals surface area contributed by atoms with Gasteiger partial charge in [0, 0.05) is 7.05 Å². The molecular formula is C18H18ClNO5S. The van der Waals surface area contributed by atoms with E-state index in [9.17, 15) is 13.2 Å². The fraction of sp³-hybridized carbons (Fsp3) is 0.167. The van der Waals surface area contributed by atoms with Gasteiger partial charge in [0.25, 0.3) is 10.0 Å². The molecule has 0 atom stereocenters. The van der Waals surface area contributed by atoms with E-state index in [2.05, 4.69) is 0 Å². The molecule has 0 saturated heterocycles. The molecule has 0 aromatic heterocycles. The third-order valence-electron chi connectivity index (χ3n) is 3.46. The van der Waals surface area contributed by atoms with Crippen LogP contribution in [0.15, 0.2) is 59.5 Å². The van der Waals surface area contributed by atoms with Crippen molar-refractivity contribution >= 4 is 33.7 Å². The van der Waals surface area contributed by atoms with E-state index >= 15 is 0 Å². The van der Waals surface area contributed by atoms with E-state index in [0.29, 0.717) is 4.47 Å². The summed E-state index contributed by atoms with van der Waals surface area (Å²) < 4.78 is 30.5. The van der Waals surface area contributed by atoms with Gasteiger partial charge < -0.3 is 4.74 Å². The summed E-state index contributed by atoms with van der Waals surface area (Å²) >= 11 is 5.96. The maximum Gasteiger partial charge on any atom is 0.338 e. The number of sulfonamides is 1. The number of benzene rings is 2. The van der Waals surface area contributed by atoms with Crippen molar-refractivity contribution in [3.8, 4) is 0 Å². The molecule has 0 amide bonds. The maximum atomic E-state index is 12.3. The minimum atomic E-state index is -3.98. The van der Waals surface area contributed by atoms with Crippen molar-refractivity contribution in [3.63, 3.8) is 0 Å². The van der Waals surface area contributed by atoms with Crippen molar-refractivity contribution in [2.45, 2.75) is 4.90 Å². The zero-order valence-corrected chi connectivity index (χ0v) is 15.8. The maximum absolute atomic E-state index is 12.3. The van der Waals surface area contributed by atoms with Gasteiger partial charge in [0.15, 0.2) is 0 Å². The molecule has 0 aliphatic heterocycles. The summed E-state index contributed by atoms with van der Waals surface area (Å²) in [6.07, 6.45) is 3.51. The molecule has 2 rings (SSSR count). The Morgan fingerprint density at radius 1 is 1.19 bits per heavy atom. The zero-order valence-electron chi connectivity index (χ0n) is 14.3. The summed E-state index contributed by atoms with van der Waals surface area (Å²) in [7, 11) is -1.54. The van der Waals surface area contributed by atoms with Gasteiger partial charge in [-0.2, -0.15) is 0 Å². The Bertz CT molecular complexity index is 897. The molecule has 2 aromatic rings. The van der Waals surface area contributed by atoms with Crippen LogP contribution in [-0.4, -0.2) is 39.6 Å². The van der Waals surface area contributed by atoms with Crippen LogP contribution >= 0.6 is 11.6 Å². The van der Waals surface area contributed by atoms with E-state index < -0.39 is 16.0 Å². The van der Waals surface area contributed by atoms with Crippen LogP contribution in [-0.2, 0) is 19.6 Å². The third-order valence-corrected chi connectivity index (χ3v) is 5.62. The molecule has 0 spiro atoms. The third kappa shape index (κ3) is 4.92. The normalized spacial score (nSPS) is 11.8. The van der Waals surface area contributed by atoms with E-state index in [1.165, 1.54) is 26.3 Å². The van der Waals surface area contributed by atoms with Gasteiger partial charge in [-0.1, -0.05) is 52.5 Å². The van der Waals surface area contributed by atoms with Crippen molar-refractivity contribution in [1.29, 1.82) is 0 Å². The summed E-state index contributed by atoms with van der Waals surface area (Å²) in [4.78, 5) is 16.6. The van der Waals surface area contributed by atoms with E-state index in [0.717, 1.165) is 11.6 Å². The highest BCUT2D eigenvalue weighted by atomic mass is 35.5. The van der Waals surface area contributed by atoms with Gasteiger partial charge >= 0.3 is 5.97 Å². The number of ether oxygens (including phenoxy) is 1. The Hall–Kier alpha value is -2.19. The zero-order chi connectivity index (χ0) is 19.2. The monoisotopic (exact) mass is 395 g/mol. The molecule has 0 radical (unpaired) electrons. The van der Waals surface area contributed by atoms with Gasteiger partial charge in [0.05, 0.1) is 17.7 Å². The summed E-state index contributed by atoms with van der Waals surface area (Å²) in [5.74, 6) is -0.657. The van der Waals surface area contributed by atoms with E-state index in [4.69, 9.17) is 21.2 Å². The van der Waals surface area contributed by atoms with Crippen LogP contribution in [0.2, 0.25) is 5.02 Å². The van der Waals surface area contributed by atoms with Crippen LogP contribution in [0, 0.1) is 0 Å². The second-order valence-corrected chi connectivity index (χ2v) is 7.47. The number of nitrogens with zero attached hydrogens (tertiary/aromatic N) is 1. The van der Waals surface area contributed by atoms with Gasteiger partial charge in [0.1, 0.15) is 11.5 Å². The number of halogens is 1. The SMILES string of the molecule is CON(C)S(=O)(=O)c1cc(C(=O)OC/C=C/c2ccccc2)ccc1Cl. The standard InChI is InChI=1S/C18H18ClNO5S/c1-20(24-2)26(22,23)17-13-15(10-11-16(17)19)18(21)25-12-6-9-14-7-4-3-5-8-14/h3-11,13H,12H2,1-2H3/b9-6+. The second-order valence-electron chi connectivity index (χ2n) is 5.15. The average molecular weight is 396 g/mol. The summed E-state index contributed by atoms with van der Waals surface area (Å²) in [5.41, 5.74) is 1.05. The van der Waals surface area contributed by atoms with Gasteiger partial charge in [0.2, 0.25) is 0 Å². The fourth-order valence-electron chi connectivity index (χ4n) is 2.02. The Morgan fingerprint density at radius 2 is 1.88 bits per heavy atom. The van der Waals surface area contributed by atoms with Crippen molar-refractivity contribution in [3.05, 3.63) is 70.8 Å². The Morgan fingerprint density at radius 3 is 2.54 bits per heavy atom. The molecule has 0 bridgehead atoms. The predicted molar refractivity (Wildman–Crippen MR) is 99.2 cm³/mol. The minimum absolute atomic E-state index is 0.0191. The average Bonchev–Trinajstić information content (AvgIpc) is 2.65. The number of hydroxylamine groups is 1. The van der Waals surface area contributed by atoms with Crippen LogP contribution in [0.3, 0.4) is 0 Å². The topological polar surface area (TPSA) is 72.9 Å². The van der Waals surface area contributed by atoms with Crippen molar-refractivity contribution in [1.82, 2.24) is 4.47 Å². The summed E-state index contributed by atoms with van der Waals surface area (Å²) in [6.45, 7) is 0.0520. The van der Waals surface area contributed by atoms with Gasteiger partial charge in [-0.05, 0) is 29.8 Å². The molecule has 6 nitrogen and oxygen atoms in total. The second kappa shape index (κ2) is 8.95.